The van der Waals surface area contributed by atoms with Crippen molar-refractivity contribution in [2.75, 3.05) is 18.5 Å². The first-order valence-electron chi connectivity index (χ1n) is 9.69. The summed E-state index contributed by atoms with van der Waals surface area (Å²) in [5.41, 5.74) is 2.88. The van der Waals surface area contributed by atoms with Crippen molar-refractivity contribution in [3.8, 4) is 5.75 Å². The average Bonchev–Trinajstić information content (AvgIpc) is 3.26. The van der Waals surface area contributed by atoms with Gasteiger partial charge in [-0.2, -0.15) is 0 Å². The van der Waals surface area contributed by atoms with Gasteiger partial charge in [0.05, 0.1) is 17.7 Å². The molecular weight excluding hydrogens is 416 g/mol. The molecule has 0 aliphatic carbocycles. The van der Waals surface area contributed by atoms with Crippen LogP contribution >= 0.6 is 11.3 Å². The number of fused-ring (bicyclic) bond motifs is 1. The van der Waals surface area contributed by atoms with Crippen LogP contribution < -0.4 is 10.1 Å². The van der Waals surface area contributed by atoms with E-state index in [0.717, 1.165) is 21.8 Å². The molecule has 0 saturated heterocycles. The summed E-state index contributed by atoms with van der Waals surface area (Å²) in [6.07, 6.45) is 0.541. The number of nitrogens with zero attached hydrogens (tertiary/aromatic N) is 3. The van der Waals surface area contributed by atoms with E-state index < -0.39 is 17.7 Å². The molecule has 0 radical (unpaired) electrons. The van der Waals surface area contributed by atoms with E-state index >= 15 is 0 Å². The second-order valence-corrected chi connectivity index (χ2v) is 8.28. The van der Waals surface area contributed by atoms with Crippen molar-refractivity contribution in [2.45, 2.75) is 20.3 Å². The van der Waals surface area contributed by atoms with Crippen LogP contribution in [0.25, 0.3) is 0 Å². The largest absolute Gasteiger partial charge is 0.493 e. The van der Waals surface area contributed by atoms with Gasteiger partial charge in [0.25, 0.3) is 11.8 Å². The van der Waals surface area contributed by atoms with Gasteiger partial charge < -0.3 is 4.74 Å². The van der Waals surface area contributed by atoms with Crippen molar-refractivity contribution >= 4 is 34.2 Å². The van der Waals surface area contributed by atoms with Gasteiger partial charge in [0, 0.05) is 6.42 Å². The molecule has 0 unspecified atom stereocenters. The number of carbonyl (C=O) groups is 3. The number of amides is 3. The Balaban J connectivity index is 1.29. The van der Waals surface area contributed by atoms with Crippen molar-refractivity contribution in [3.63, 3.8) is 0 Å². The van der Waals surface area contributed by atoms with Crippen molar-refractivity contribution in [3.05, 3.63) is 69.7 Å². The van der Waals surface area contributed by atoms with E-state index in [1.165, 1.54) is 11.3 Å². The van der Waals surface area contributed by atoms with E-state index in [1.807, 2.05) is 26.0 Å². The number of ether oxygens (including phenoxy) is 1. The van der Waals surface area contributed by atoms with Gasteiger partial charge in [-0.05, 0) is 49.2 Å². The molecule has 1 aliphatic rings. The minimum atomic E-state index is -0.510. The van der Waals surface area contributed by atoms with Crippen LogP contribution in [0, 0.1) is 13.8 Å². The first-order valence-corrected chi connectivity index (χ1v) is 10.5. The maximum absolute atomic E-state index is 12.4. The third kappa shape index (κ3) is 4.61. The highest BCUT2D eigenvalue weighted by molar-refractivity contribution is 7.15. The van der Waals surface area contributed by atoms with Crippen LogP contribution in [0.3, 0.4) is 0 Å². The molecule has 4 rings (SSSR count). The predicted octanol–water partition coefficient (Wildman–Crippen LogP) is 3.01. The van der Waals surface area contributed by atoms with Crippen LogP contribution in [-0.2, 0) is 11.2 Å². The zero-order valence-electron chi connectivity index (χ0n) is 17.0. The van der Waals surface area contributed by atoms with E-state index in [-0.39, 0.29) is 6.54 Å². The monoisotopic (exact) mass is 436 g/mol. The van der Waals surface area contributed by atoms with Gasteiger partial charge >= 0.3 is 0 Å². The van der Waals surface area contributed by atoms with Crippen LogP contribution in [0.5, 0.6) is 5.75 Å². The summed E-state index contributed by atoms with van der Waals surface area (Å²) < 4.78 is 5.77. The third-order valence-corrected chi connectivity index (χ3v) is 5.57. The van der Waals surface area contributed by atoms with E-state index in [1.54, 1.807) is 24.3 Å². The molecule has 1 aromatic heterocycles. The Kier molecular flexibility index (Phi) is 5.77. The molecule has 158 valence electrons. The number of anilines is 1. The average molecular weight is 436 g/mol. The quantitative estimate of drug-likeness (QED) is 0.572. The number of aryl methyl sites for hydroxylation is 2. The fraction of sp³-hybridized carbons (Fsp3) is 0.227. The lowest BCUT2D eigenvalue weighted by atomic mass is 10.1. The van der Waals surface area contributed by atoms with Crippen LogP contribution in [0.4, 0.5) is 5.13 Å². The Labute approximate surface area is 182 Å². The number of hydrogen-bond donors (Lipinski definition) is 1. The van der Waals surface area contributed by atoms with Gasteiger partial charge in [-0.15, -0.1) is 10.2 Å². The second kappa shape index (κ2) is 8.65. The highest BCUT2D eigenvalue weighted by Crippen LogP contribution is 2.23. The Bertz CT molecular complexity index is 1120. The summed E-state index contributed by atoms with van der Waals surface area (Å²) in [6, 6.07) is 12.5. The molecule has 1 N–H and O–H groups in total. The first kappa shape index (κ1) is 20.7. The van der Waals surface area contributed by atoms with Crippen LogP contribution in [0.2, 0.25) is 0 Å². The van der Waals surface area contributed by atoms with Crippen LogP contribution in [-0.4, -0.2) is 46.0 Å². The van der Waals surface area contributed by atoms with Gasteiger partial charge in [0.15, 0.2) is 0 Å². The zero-order chi connectivity index (χ0) is 22.0. The number of hydrogen-bond acceptors (Lipinski definition) is 7. The number of carbonyl (C=O) groups excluding carboxylic acids is 3. The summed E-state index contributed by atoms with van der Waals surface area (Å²) in [5.74, 6) is -0.658. The van der Waals surface area contributed by atoms with Gasteiger partial charge in [-0.1, -0.05) is 29.5 Å². The number of imide groups is 1. The molecule has 9 heteroatoms. The van der Waals surface area contributed by atoms with Crippen LogP contribution in [0.15, 0.2) is 42.5 Å². The van der Waals surface area contributed by atoms with Crippen LogP contribution in [0.1, 0.15) is 36.9 Å². The van der Waals surface area contributed by atoms with Crippen molar-refractivity contribution < 1.29 is 19.1 Å². The fourth-order valence-electron chi connectivity index (χ4n) is 3.36. The van der Waals surface area contributed by atoms with Gasteiger partial charge in [0.2, 0.25) is 11.0 Å². The SMILES string of the molecule is Cc1cc(C)cc(OCCc2nnc(NC(=O)CN3C(=O)c4ccccc4C3=O)s2)c1. The summed E-state index contributed by atoms with van der Waals surface area (Å²) in [6.45, 7) is 4.08. The molecule has 31 heavy (non-hydrogen) atoms. The van der Waals surface area contributed by atoms with Gasteiger partial charge in [-0.25, -0.2) is 0 Å². The molecule has 0 saturated carbocycles. The van der Waals surface area contributed by atoms with E-state index in [9.17, 15) is 14.4 Å². The number of nitrogens with one attached hydrogen (secondary N) is 1. The smallest absolute Gasteiger partial charge is 0.262 e. The maximum atomic E-state index is 12.4. The molecule has 0 bridgehead atoms. The lowest BCUT2D eigenvalue weighted by Gasteiger charge is -2.12. The number of benzene rings is 2. The highest BCUT2D eigenvalue weighted by atomic mass is 32.1. The normalized spacial score (nSPS) is 12.8. The number of rotatable bonds is 7. The predicted molar refractivity (Wildman–Crippen MR) is 115 cm³/mol. The number of aromatic nitrogens is 2. The molecule has 1 aliphatic heterocycles. The van der Waals surface area contributed by atoms with Crippen molar-refractivity contribution in [1.82, 2.24) is 15.1 Å². The lowest BCUT2D eigenvalue weighted by Crippen LogP contribution is -2.37. The third-order valence-electron chi connectivity index (χ3n) is 4.67. The standard InChI is InChI=1S/C22H20N4O4S/c1-13-9-14(2)11-15(10-13)30-8-7-19-24-25-22(31-19)23-18(27)12-26-20(28)16-5-3-4-6-17(16)21(26)29/h3-6,9-11H,7-8,12H2,1-2H3,(H,23,25,27). The molecule has 0 atom stereocenters. The van der Waals surface area contributed by atoms with E-state index in [2.05, 4.69) is 21.6 Å². The van der Waals surface area contributed by atoms with Crippen molar-refractivity contribution in [1.29, 1.82) is 0 Å². The summed E-state index contributed by atoms with van der Waals surface area (Å²) >= 11 is 1.23. The first-order chi connectivity index (χ1) is 14.9. The minimum Gasteiger partial charge on any atom is -0.493 e. The molecule has 3 aromatic rings. The summed E-state index contributed by atoms with van der Waals surface area (Å²) in [4.78, 5) is 38.0. The van der Waals surface area contributed by atoms with Crippen molar-refractivity contribution in [2.24, 2.45) is 0 Å². The summed E-state index contributed by atoms with van der Waals surface area (Å²) in [7, 11) is 0. The molecular formula is C22H20N4O4S. The maximum Gasteiger partial charge on any atom is 0.262 e. The molecule has 2 heterocycles. The summed E-state index contributed by atoms with van der Waals surface area (Å²) in [5, 5.41) is 11.6. The fourth-order valence-corrected chi connectivity index (χ4v) is 4.10. The molecule has 0 fully saturated rings. The van der Waals surface area contributed by atoms with Gasteiger partial charge in [-0.3, -0.25) is 24.6 Å². The second-order valence-electron chi connectivity index (χ2n) is 7.21. The highest BCUT2D eigenvalue weighted by Gasteiger charge is 2.36. The zero-order valence-corrected chi connectivity index (χ0v) is 17.9. The lowest BCUT2D eigenvalue weighted by molar-refractivity contribution is -0.116. The molecule has 0 spiro atoms. The van der Waals surface area contributed by atoms with Gasteiger partial charge in [0.1, 0.15) is 17.3 Å². The molecule has 2 aromatic carbocycles. The van der Waals surface area contributed by atoms with E-state index in [4.69, 9.17) is 4.74 Å². The molecule has 3 amide bonds. The Morgan fingerprint density at radius 3 is 2.32 bits per heavy atom. The minimum absolute atomic E-state index is 0.308. The molecule has 8 nitrogen and oxygen atoms in total. The Hall–Kier alpha value is -3.59. The topological polar surface area (TPSA) is 101 Å². The van der Waals surface area contributed by atoms with E-state index in [0.29, 0.717) is 34.3 Å². The Morgan fingerprint density at radius 1 is 1.03 bits per heavy atom. The Morgan fingerprint density at radius 2 is 1.68 bits per heavy atom.